The number of nitrogens with two attached hydrogens (primary N) is 1. The predicted molar refractivity (Wildman–Crippen MR) is 92.0 cm³/mol. The Labute approximate surface area is 141 Å². The predicted octanol–water partition coefficient (Wildman–Crippen LogP) is 2.92. The Morgan fingerprint density at radius 3 is 2.75 bits per heavy atom. The number of rotatable bonds is 6. The Hall–Kier alpha value is -2.57. The van der Waals surface area contributed by atoms with Crippen LogP contribution in [0.2, 0.25) is 0 Å². The number of carbonyl (C=O) groups excluding carboxylic acids is 1. The van der Waals surface area contributed by atoms with Crippen molar-refractivity contribution in [3.05, 3.63) is 29.9 Å². The quantitative estimate of drug-likeness (QED) is 0.788. The van der Waals surface area contributed by atoms with E-state index in [0.717, 1.165) is 0 Å². The van der Waals surface area contributed by atoms with Crippen LogP contribution in [-0.2, 0) is 16.6 Å². The molecule has 0 aliphatic heterocycles. The monoisotopic (exact) mass is 332 g/mol. The number of nitrogen functional groups attached to an aromatic ring is 1. The zero-order valence-electron chi connectivity index (χ0n) is 14.5. The second kappa shape index (κ2) is 7.33. The van der Waals surface area contributed by atoms with E-state index in [4.69, 9.17) is 15.0 Å². The highest BCUT2D eigenvalue weighted by atomic mass is 16.5. The number of hydrogen-bond acceptors (Lipinski definition) is 6. The van der Waals surface area contributed by atoms with Gasteiger partial charge in [0, 0.05) is 24.3 Å². The molecule has 0 aliphatic rings. The van der Waals surface area contributed by atoms with Crippen LogP contribution in [-0.4, -0.2) is 23.2 Å². The first-order chi connectivity index (χ1) is 11.3. The van der Waals surface area contributed by atoms with Gasteiger partial charge in [0.15, 0.2) is 5.82 Å². The summed E-state index contributed by atoms with van der Waals surface area (Å²) in [6, 6.07) is 5.13. The minimum atomic E-state index is -0.150. The number of aryl methyl sites for hydroxylation is 1. The fourth-order valence-electron chi connectivity index (χ4n) is 2.04. The molecule has 0 bridgehead atoms. The smallest absolute Gasteiger partial charge is 0.226 e. The molecule has 24 heavy (non-hydrogen) atoms. The van der Waals surface area contributed by atoms with Gasteiger partial charge in [0.1, 0.15) is 5.75 Å². The maximum absolute atomic E-state index is 12.0. The lowest BCUT2D eigenvalue weighted by Crippen LogP contribution is -2.14. The van der Waals surface area contributed by atoms with E-state index in [0.29, 0.717) is 48.1 Å². The van der Waals surface area contributed by atoms with Crippen molar-refractivity contribution in [3.8, 4) is 5.75 Å². The van der Waals surface area contributed by atoms with E-state index >= 15 is 0 Å². The number of aromatic nitrogens is 2. The summed E-state index contributed by atoms with van der Waals surface area (Å²) in [4.78, 5) is 16.4. The van der Waals surface area contributed by atoms with E-state index in [2.05, 4.69) is 15.5 Å². The zero-order chi connectivity index (χ0) is 17.7. The molecule has 0 atom stereocenters. The second-order valence-electron chi connectivity index (χ2n) is 6.62. The molecule has 7 nitrogen and oxygen atoms in total. The van der Waals surface area contributed by atoms with Crippen molar-refractivity contribution in [2.24, 2.45) is 0 Å². The number of nitrogens with zero attached hydrogens (tertiary/aromatic N) is 2. The van der Waals surface area contributed by atoms with Crippen LogP contribution in [0.4, 0.5) is 11.4 Å². The summed E-state index contributed by atoms with van der Waals surface area (Å²) in [5.74, 6) is 1.74. The van der Waals surface area contributed by atoms with Crippen LogP contribution in [0.5, 0.6) is 5.75 Å². The summed E-state index contributed by atoms with van der Waals surface area (Å²) < 4.78 is 10.3. The lowest BCUT2D eigenvalue weighted by atomic mass is 9.96. The summed E-state index contributed by atoms with van der Waals surface area (Å²) in [5, 5.41) is 6.76. The van der Waals surface area contributed by atoms with Crippen molar-refractivity contribution in [3.63, 3.8) is 0 Å². The highest BCUT2D eigenvalue weighted by molar-refractivity contribution is 5.94. The first kappa shape index (κ1) is 17.8. The number of amides is 1. The van der Waals surface area contributed by atoms with Crippen LogP contribution in [0.25, 0.3) is 0 Å². The van der Waals surface area contributed by atoms with Gasteiger partial charge in [-0.3, -0.25) is 4.79 Å². The Kier molecular flexibility index (Phi) is 5.43. The summed E-state index contributed by atoms with van der Waals surface area (Å²) in [6.07, 6.45) is 1.51. The lowest BCUT2D eigenvalue weighted by Gasteiger charge is -2.10. The molecular formula is C17H24N4O3. The van der Waals surface area contributed by atoms with Crippen LogP contribution in [0.3, 0.4) is 0 Å². The van der Waals surface area contributed by atoms with Crippen molar-refractivity contribution in [2.45, 2.75) is 45.4 Å². The molecule has 0 aliphatic carbocycles. The third-order valence-electron chi connectivity index (χ3n) is 3.47. The molecule has 0 saturated heterocycles. The number of ether oxygens (including phenoxy) is 1. The largest absolute Gasteiger partial charge is 0.497 e. The van der Waals surface area contributed by atoms with Crippen molar-refractivity contribution in [2.75, 3.05) is 18.2 Å². The Bertz CT molecular complexity index is 704. The third kappa shape index (κ3) is 4.71. The van der Waals surface area contributed by atoms with Gasteiger partial charge in [-0.25, -0.2) is 0 Å². The molecule has 0 spiro atoms. The van der Waals surface area contributed by atoms with Gasteiger partial charge in [-0.2, -0.15) is 4.98 Å². The normalized spacial score (nSPS) is 11.3. The maximum Gasteiger partial charge on any atom is 0.226 e. The number of methoxy groups -OCH3 is 1. The van der Waals surface area contributed by atoms with E-state index in [1.165, 1.54) is 0 Å². The topological polar surface area (TPSA) is 103 Å². The standard InChI is InChI=1S/C17H24N4O3/c1-17(2,3)16-20-15(24-21-16)7-5-6-14(22)19-13-10-11(23-4)8-9-12(13)18/h8-10H,5-7,18H2,1-4H3,(H,19,22). The van der Waals surface area contributed by atoms with Gasteiger partial charge >= 0.3 is 0 Å². The Morgan fingerprint density at radius 2 is 2.12 bits per heavy atom. The van der Waals surface area contributed by atoms with E-state index in [1.54, 1.807) is 25.3 Å². The van der Waals surface area contributed by atoms with Crippen LogP contribution >= 0.6 is 0 Å². The van der Waals surface area contributed by atoms with Crippen molar-refractivity contribution in [1.82, 2.24) is 10.1 Å². The molecule has 3 N–H and O–H groups in total. The first-order valence-corrected chi connectivity index (χ1v) is 7.86. The van der Waals surface area contributed by atoms with Crippen LogP contribution in [0.1, 0.15) is 45.3 Å². The Balaban J connectivity index is 1.84. The highest BCUT2D eigenvalue weighted by Gasteiger charge is 2.20. The van der Waals surface area contributed by atoms with Gasteiger partial charge in [0.25, 0.3) is 0 Å². The molecule has 0 fully saturated rings. The van der Waals surface area contributed by atoms with E-state index in [-0.39, 0.29) is 11.3 Å². The van der Waals surface area contributed by atoms with Crippen LogP contribution in [0, 0.1) is 0 Å². The number of benzene rings is 1. The van der Waals surface area contributed by atoms with Gasteiger partial charge in [-0.1, -0.05) is 25.9 Å². The van der Waals surface area contributed by atoms with Gasteiger partial charge in [0.05, 0.1) is 18.5 Å². The molecule has 1 amide bonds. The number of carbonyl (C=O) groups is 1. The zero-order valence-corrected chi connectivity index (χ0v) is 14.5. The van der Waals surface area contributed by atoms with Crippen molar-refractivity contribution >= 4 is 17.3 Å². The molecule has 1 aromatic heterocycles. The van der Waals surface area contributed by atoms with Crippen molar-refractivity contribution < 1.29 is 14.1 Å². The minimum absolute atomic E-state index is 0.120. The molecule has 2 aromatic rings. The summed E-state index contributed by atoms with van der Waals surface area (Å²) in [6.45, 7) is 6.06. The minimum Gasteiger partial charge on any atom is -0.497 e. The highest BCUT2D eigenvalue weighted by Crippen LogP contribution is 2.24. The fourth-order valence-corrected chi connectivity index (χ4v) is 2.04. The van der Waals surface area contributed by atoms with E-state index < -0.39 is 0 Å². The molecule has 0 saturated carbocycles. The molecule has 130 valence electrons. The summed E-state index contributed by atoms with van der Waals surface area (Å²) >= 11 is 0. The van der Waals surface area contributed by atoms with Gasteiger partial charge in [0.2, 0.25) is 11.8 Å². The van der Waals surface area contributed by atoms with Crippen LogP contribution in [0.15, 0.2) is 22.7 Å². The summed E-state index contributed by atoms with van der Waals surface area (Å²) in [7, 11) is 1.56. The van der Waals surface area contributed by atoms with Crippen molar-refractivity contribution in [1.29, 1.82) is 0 Å². The molecular weight excluding hydrogens is 308 g/mol. The number of nitrogens with one attached hydrogen (secondary N) is 1. The Morgan fingerprint density at radius 1 is 1.38 bits per heavy atom. The van der Waals surface area contributed by atoms with Crippen LogP contribution < -0.4 is 15.8 Å². The average Bonchev–Trinajstić information content (AvgIpc) is 2.98. The molecule has 2 rings (SSSR count). The summed E-state index contributed by atoms with van der Waals surface area (Å²) in [5.41, 5.74) is 6.75. The number of anilines is 2. The lowest BCUT2D eigenvalue weighted by molar-refractivity contribution is -0.116. The van der Waals surface area contributed by atoms with E-state index in [1.807, 2.05) is 20.8 Å². The van der Waals surface area contributed by atoms with Gasteiger partial charge in [-0.05, 0) is 18.6 Å². The molecule has 1 heterocycles. The molecule has 7 heteroatoms. The first-order valence-electron chi connectivity index (χ1n) is 7.86. The SMILES string of the molecule is COc1ccc(N)c(NC(=O)CCCc2nc(C(C)(C)C)no2)c1. The molecule has 0 radical (unpaired) electrons. The molecule has 1 aromatic carbocycles. The van der Waals surface area contributed by atoms with E-state index in [9.17, 15) is 4.79 Å². The number of hydrogen-bond donors (Lipinski definition) is 2. The molecule has 0 unspecified atom stereocenters. The fraction of sp³-hybridized carbons (Fsp3) is 0.471. The second-order valence-corrected chi connectivity index (χ2v) is 6.62. The van der Waals surface area contributed by atoms with Gasteiger partial charge < -0.3 is 20.3 Å². The third-order valence-corrected chi connectivity index (χ3v) is 3.47. The maximum atomic E-state index is 12.0. The van der Waals surface area contributed by atoms with Gasteiger partial charge in [-0.15, -0.1) is 0 Å². The average molecular weight is 332 g/mol.